The molecule has 10 fully saturated rings. The van der Waals surface area contributed by atoms with Crippen molar-refractivity contribution in [1.82, 2.24) is 0 Å². The summed E-state index contributed by atoms with van der Waals surface area (Å²) in [7, 11) is -2.55. The van der Waals surface area contributed by atoms with Crippen molar-refractivity contribution in [2.24, 2.45) is 0 Å². The number of carbonyl (C=O) groups excluding carboxylic acids is 2. The molecule has 0 aromatic heterocycles. The number of hydrogen-bond acceptors (Lipinski definition) is 3. The topological polar surface area (TPSA) is 43.4 Å². The van der Waals surface area contributed by atoms with E-state index in [0.29, 0.717) is 0 Å². The summed E-state index contributed by atoms with van der Waals surface area (Å²) >= 11 is 0. The zero-order chi connectivity index (χ0) is 12.0. The Hall–Kier alpha value is -0.276. The maximum atomic E-state index is 9.81. The van der Waals surface area contributed by atoms with Crippen LogP contribution in [0.15, 0.2) is 0 Å². The molecule has 4 heteroatoms. The fourth-order valence-corrected chi connectivity index (χ4v) is 122. The van der Waals surface area contributed by atoms with Crippen molar-refractivity contribution in [3.63, 3.8) is 0 Å². The predicted octanol–water partition coefficient (Wildman–Crippen LogP) is 3.47. The van der Waals surface area contributed by atoms with Crippen LogP contribution in [0, 0.1) is 0 Å². The molecule has 10 saturated heterocycles. The van der Waals surface area contributed by atoms with Gasteiger partial charge in [0.05, 0.1) is 0 Å². The molecule has 95 valence electrons. The summed E-state index contributed by atoms with van der Waals surface area (Å²) in [6.07, 6.45) is 0. The van der Waals surface area contributed by atoms with Crippen LogP contribution in [0.5, 0.6) is 0 Å². The molecule has 0 unspecified atom stereocenters. The van der Waals surface area contributed by atoms with Gasteiger partial charge in [0.15, 0.2) is 0 Å². The first-order valence-corrected chi connectivity index (χ1v) is 15.8. The summed E-state index contributed by atoms with van der Waals surface area (Å²) in [5.74, 6) is -1.12. The number of fused-ring (bicyclic) bond motifs is 10. The number of rotatable bonds is 0. The minimum absolute atomic E-state index is 0.562. The Morgan fingerprint density at radius 2 is 0.889 bits per heavy atom. The quantitative estimate of drug-likeness (QED) is 0.505. The van der Waals surface area contributed by atoms with E-state index in [-0.39, 0.29) is 0 Å². The Morgan fingerprint density at radius 3 is 0.889 bits per heavy atom. The number of esters is 2. The standard InChI is InChI=1S/2C5H5.C4H6O3.V/c2*1-2-4-5-3-1;1-3(5)7-4(2)6;/h2*1-5H;1-2H3;. The van der Waals surface area contributed by atoms with Crippen molar-refractivity contribution in [2.45, 2.75) is 60.1 Å². The first kappa shape index (κ1) is 7.49. The molecular weight excluding hydrogens is 267 g/mol. The van der Waals surface area contributed by atoms with Crippen LogP contribution in [0.25, 0.3) is 0 Å². The van der Waals surface area contributed by atoms with Crippen molar-refractivity contribution in [3.8, 4) is 0 Å². The third-order valence-corrected chi connectivity index (χ3v) is 71.4. The molecule has 3 nitrogen and oxygen atoms in total. The second-order valence-corrected chi connectivity index (χ2v) is 43.0. The van der Waals surface area contributed by atoms with E-state index in [0.717, 1.165) is 0 Å². The molecule has 18 heavy (non-hydrogen) atoms. The zero-order valence-corrected chi connectivity index (χ0v) is 11.8. The van der Waals surface area contributed by atoms with Gasteiger partial charge in [0, 0.05) is 13.8 Å². The van der Waals surface area contributed by atoms with E-state index >= 15 is 0 Å². The van der Waals surface area contributed by atoms with Crippen LogP contribution < -0.4 is 0 Å². The van der Waals surface area contributed by atoms with Crippen LogP contribution in [0.1, 0.15) is 13.8 Å². The van der Waals surface area contributed by atoms with Gasteiger partial charge in [-0.15, -0.1) is 0 Å². The predicted molar refractivity (Wildman–Crippen MR) is 59.9 cm³/mol. The average Bonchev–Trinajstić information content (AvgIpc) is 3.23. The summed E-state index contributed by atoms with van der Waals surface area (Å²) in [5.41, 5.74) is 0. The van der Waals surface area contributed by atoms with Gasteiger partial charge < -0.3 is 4.74 Å². The number of hydrogen-bond donors (Lipinski definition) is 0. The molecule has 10 rings (SSSR count). The molecule has 0 radical (unpaired) electrons. The van der Waals surface area contributed by atoms with Crippen LogP contribution in [0.3, 0.4) is 0 Å². The van der Waals surface area contributed by atoms with E-state index in [1.165, 1.54) is 13.8 Å². The maximum absolute atomic E-state index is 9.81. The first-order chi connectivity index (χ1) is 8.28. The summed E-state index contributed by atoms with van der Waals surface area (Å²) in [6.45, 7) is 2.36. The monoisotopic (exact) mass is 283 g/mol. The van der Waals surface area contributed by atoms with Gasteiger partial charge in [0.25, 0.3) is 0 Å². The van der Waals surface area contributed by atoms with Crippen LogP contribution in [0.2, 0.25) is 46.3 Å². The van der Waals surface area contributed by atoms with Gasteiger partial charge in [0.1, 0.15) is 0 Å². The molecule has 0 saturated carbocycles. The Kier molecular flexibility index (Phi) is 0.258. The van der Waals surface area contributed by atoms with Crippen LogP contribution >= 0.6 is 0 Å². The Labute approximate surface area is 93.7 Å². The third-order valence-electron chi connectivity index (χ3n) is 18.4. The molecule has 0 atom stereocenters. The fourth-order valence-electron chi connectivity index (χ4n) is 20.7. The van der Waals surface area contributed by atoms with E-state index < -0.39 is 19.2 Å². The van der Waals surface area contributed by atoms with E-state index in [2.05, 4.69) is 4.74 Å². The summed E-state index contributed by atoms with van der Waals surface area (Å²) in [5, 5.41) is 0. The molecule has 10 aliphatic heterocycles. The van der Waals surface area contributed by atoms with Crippen LogP contribution in [0.4, 0.5) is 0 Å². The Balaban J connectivity index is 0.0000000885. The second-order valence-electron chi connectivity index (χ2n) is 12.7. The van der Waals surface area contributed by atoms with Gasteiger partial charge in [-0.05, 0) is 0 Å². The Bertz CT molecular complexity index is 767. The van der Waals surface area contributed by atoms with E-state index in [9.17, 15) is 9.59 Å². The summed E-state index contributed by atoms with van der Waals surface area (Å²) < 4.78 is 20.1. The van der Waals surface area contributed by atoms with Gasteiger partial charge in [0.2, 0.25) is 0 Å². The van der Waals surface area contributed by atoms with Crippen molar-refractivity contribution >= 4 is 11.9 Å². The average molecular weight is 283 g/mol. The van der Waals surface area contributed by atoms with Crippen molar-refractivity contribution in [3.05, 3.63) is 0 Å². The van der Waals surface area contributed by atoms with Gasteiger partial charge >= 0.3 is 65.5 Å². The zero-order valence-electron chi connectivity index (χ0n) is 10.4. The summed E-state index contributed by atoms with van der Waals surface area (Å²) in [6, 6.07) is 0. The van der Waals surface area contributed by atoms with Crippen molar-refractivity contribution < 1.29 is 21.6 Å². The van der Waals surface area contributed by atoms with Gasteiger partial charge in [-0.2, -0.15) is 0 Å². The van der Waals surface area contributed by atoms with Crippen LogP contribution in [-0.2, 0) is 21.6 Å². The number of ether oxygens (including phenoxy) is 1. The number of carbonyl (C=O) groups is 2. The molecule has 0 N–H and O–H groups in total. The molecule has 10 aliphatic rings. The molecule has 0 aliphatic carbocycles. The molecule has 0 amide bonds. The van der Waals surface area contributed by atoms with Gasteiger partial charge in [-0.3, -0.25) is 9.59 Å². The molecule has 10 heterocycles. The molecular formula is C14H16O3V. The van der Waals surface area contributed by atoms with E-state index in [4.69, 9.17) is 0 Å². The molecule has 0 aromatic carbocycles. The molecule has 0 aromatic rings. The summed E-state index contributed by atoms with van der Waals surface area (Å²) in [4.78, 5) is 19.6. The first-order valence-electron chi connectivity index (χ1n) is 7.73. The molecule has 0 bridgehead atoms. The normalized spacial score (nSPS) is 107. The van der Waals surface area contributed by atoms with Crippen molar-refractivity contribution in [2.75, 3.05) is 0 Å². The van der Waals surface area contributed by atoms with E-state index in [1.807, 2.05) is 0 Å². The Morgan fingerprint density at radius 1 is 0.667 bits per heavy atom. The van der Waals surface area contributed by atoms with Gasteiger partial charge in [-0.25, -0.2) is 0 Å². The van der Waals surface area contributed by atoms with Gasteiger partial charge in [-0.1, -0.05) is 0 Å². The van der Waals surface area contributed by atoms with E-state index in [1.54, 1.807) is 46.3 Å². The molecule has 1 spiro atoms. The second kappa shape index (κ2) is 0.619. The third kappa shape index (κ3) is 0.0821. The SMILES string of the molecule is CC(=O)OC(C)=O.[CH]12[CH]3[CH]4[CH]5[CH]1[V]23451678[CH]2[CH]1[CH]6[CH]7[CH]28. The van der Waals surface area contributed by atoms with Crippen LogP contribution in [-0.4, -0.2) is 11.9 Å². The minimum atomic E-state index is -2.55. The fraction of sp³-hybridized carbons (Fsp3) is 0.857. The van der Waals surface area contributed by atoms with Crippen molar-refractivity contribution in [1.29, 1.82) is 0 Å².